The van der Waals surface area contributed by atoms with Crippen LogP contribution in [0.3, 0.4) is 0 Å². The SMILES string of the molecule is CCNc1cc(Cc2cc3c(cc2OC)N(C)C(=O)C(C)(C)O3)nc2c1C(C(F)(F)F)=CC2. The van der Waals surface area contributed by atoms with Crippen LogP contribution < -0.4 is 19.7 Å². The highest BCUT2D eigenvalue weighted by molar-refractivity contribution is 6.02. The Labute approximate surface area is 190 Å². The minimum Gasteiger partial charge on any atom is -0.496 e. The van der Waals surface area contributed by atoms with Gasteiger partial charge in [0.05, 0.1) is 24.1 Å². The minimum atomic E-state index is -4.44. The van der Waals surface area contributed by atoms with Crippen LogP contribution in [0, 0.1) is 0 Å². The van der Waals surface area contributed by atoms with Crippen molar-refractivity contribution in [1.82, 2.24) is 4.98 Å². The number of fused-ring (bicyclic) bond motifs is 2. The van der Waals surface area contributed by atoms with Crippen molar-refractivity contribution in [3.63, 3.8) is 0 Å². The molecular weight excluding hydrogens is 435 g/mol. The second kappa shape index (κ2) is 7.97. The van der Waals surface area contributed by atoms with Gasteiger partial charge in [-0.05, 0) is 32.9 Å². The standard InChI is InChI=1S/C24H26F3N3O3/c1-6-28-17-11-14(29-16-8-7-15(21(16)17)24(25,26)27)9-13-10-20-18(12-19(13)32-5)30(4)22(31)23(2,3)33-20/h7,10-12H,6,8-9H2,1-5H3,(H,28,29). The number of alkyl halides is 3. The Morgan fingerprint density at radius 3 is 2.64 bits per heavy atom. The topological polar surface area (TPSA) is 63.7 Å². The molecule has 0 saturated heterocycles. The van der Waals surface area contributed by atoms with Gasteiger partial charge in [0.2, 0.25) is 0 Å². The van der Waals surface area contributed by atoms with Gasteiger partial charge in [-0.3, -0.25) is 9.78 Å². The van der Waals surface area contributed by atoms with Crippen LogP contribution in [0.15, 0.2) is 24.3 Å². The van der Waals surface area contributed by atoms with Crippen LogP contribution in [0.1, 0.15) is 43.3 Å². The normalized spacial score (nSPS) is 16.7. The van der Waals surface area contributed by atoms with E-state index in [-0.39, 0.29) is 17.9 Å². The second-order valence-electron chi connectivity index (χ2n) is 8.62. The molecule has 1 aliphatic heterocycles. The van der Waals surface area contributed by atoms with Crippen molar-refractivity contribution in [2.24, 2.45) is 0 Å². The molecule has 1 amide bonds. The number of ether oxygens (including phenoxy) is 2. The van der Waals surface area contributed by atoms with Crippen molar-refractivity contribution in [3.8, 4) is 11.5 Å². The molecule has 0 bridgehead atoms. The fraction of sp³-hybridized carbons (Fsp3) is 0.417. The number of anilines is 2. The average molecular weight is 461 g/mol. The average Bonchev–Trinajstić information content (AvgIpc) is 3.17. The third kappa shape index (κ3) is 4.00. The number of halogens is 3. The number of methoxy groups -OCH3 is 1. The van der Waals surface area contributed by atoms with Crippen LogP contribution in [0.5, 0.6) is 11.5 Å². The molecule has 9 heteroatoms. The number of benzene rings is 1. The number of amides is 1. The van der Waals surface area contributed by atoms with E-state index < -0.39 is 17.4 Å². The molecule has 176 valence electrons. The summed E-state index contributed by atoms with van der Waals surface area (Å²) >= 11 is 0. The van der Waals surface area contributed by atoms with Gasteiger partial charge in [-0.25, -0.2) is 0 Å². The number of nitrogens with one attached hydrogen (secondary N) is 1. The van der Waals surface area contributed by atoms with Gasteiger partial charge in [-0.2, -0.15) is 13.2 Å². The number of nitrogens with zero attached hydrogens (tertiary/aromatic N) is 2. The zero-order chi connectivity index (χ0) is 24.1. The number of pyridine rings is 1. The van der Waals surface area contributed by atoms with Crippen molar-refractivity contribution in [1.29, 1.82) is 0 Å². The Hall–Kier alpha value is -3.23. The Morgan fingerprint density at radius 1 is 1.27 bits per heavy atom. The molecule has 1 aromatic heterocycles. The summed E-state index contributed by atoms with van der Waals surface area (Å²) in [5, 5.41) is 3.06. The molecule has 1 aromatic carbocycles. The van der Waals surface area contributed by atoms with Crippen LogP contribution >= 0.6 is 0 Å². The van der Waals surface area contributed by atoms with E-state index in [2.05, 4.69) is 10.3 Å². The van der Waals surface area contributed by atoms with E-state index in [9.17, 15) is 18.0 Å². The maximum absolute atomic E-state index is 13.5. The molecule has 2 aliphatic rings. The van der Waals surface area contributed by atoms with Gasteiger partial charge in [0.1, 0.15) is 11.5 Å². The van der Waals surface area contributed by atoms with Crippen molar-refractivity contribution in [2.45, 2.75) is 45.4 Å². The van der Waals surface area contributed by atoms with Crippen molar-refractivity contribution in [3.05, 3.63) is 46.8 Å². The summed E-state index contributed by atoms with van der Waals surface area (Å²) in [4.78, 5) is 18.6. The van der Waals surface area contributed by atoms with E-state index in [0.29, 0.717) is 47.2 Å². The van der Waals surface area contributed by atoms with Gasteiger partial charge in [0, 0.05) is 55.0 Å². The molecule has 1 N–H and O–H groups in total. The molecule has 2 heterocycles. The highest BCUT2D eigenvalue weighted by Crippen LogP contribution is 2.44. The first-order chi connectivity index (χ1) is 15.5. The van der Waals surface area contributed by atoms with Gasteiger partial charge >= 0.3 is 6.18 Å². The number of rotatable bonds is 5. The quantitative estimate of drug-likeness (QED) is 0.697. The van der Waals surface area contributed by atoms with Gasteiger partial charge in [-0.1, -0.05) is 6.08 Å². The van der Waals surface area contributed by atoms with Crippen LogP contribution in [-0.4, -0.2) is 43.4 Å². The number of hydrogen-bond acceptors (Lipinski definition) is 5. The molecular formula is C24H26F3N3O3. The van der Waals surface area contributed by atoms with E-state index in [1.54, 1.807) is 39.1 Å². The maximum atomic E-state index is 13.5. The molecule has 0 saturated carbocycles. The van der Waals surface area contributed by atoms with Crippen molar-refractivity contribution in [2.75, 3.05) is 30.9 Å². The Bertz CT molecular complexity index is 1160. The molecule has 1 aliphatic carbocycles. The number of allylic oxidation sites excluding steroid dienone is 2. The van der Waals surface area contributed by atoms with Gasteiger partial charge in [0.15, 0.2) is 5.60 Å². The first kappa shape index (κ1) is 22.9. The summed E-state index contributed by atoms with van der Waals surface area (Å²) in [6.07, 6.45) is -2.80. The summed E-state index contributed by atoms with van der Waals surface area (Å²) in [6, 6.07) is 5.20. The summed E-state index contributed by atoms with van der Waals surface area (Å²) in [7, 11) is 3.21. The molecule has 4 rings (SSSR count). The maximum Gasteiger partial charge on any atom is 0.416 e. The molecule has 0 radical (unpaired) electrons. The Balaban J connectivity index is 1.75. The van der Waals surface area contributed by atoms with Gasteiger partial charge in [0.25, 0.3) is 5.91 Å². The largest absolute Gasteiger partial charge is 0.496 e. The summed E-state index contributed by atoms with van der Waals surface area (Å²) in [5.74, 6) is 0.901. The fourth-order valence-corrected chi connectivity index (χ4v) is 4.37. The highest BCUT2D eigenvalue weighted by Gasteiger charge is 2.41. The molecule has 6 nitrogen and oxygen atoms in total. The van der Waals surface area contributed by atoms with Crippen LogP contribution in [0.2, 0.25) is 0 Å². The van der Waals surface area contributed by atoms with Crippen molar-refractivity contribution >= 4 is 22.9 Å². The summed E-state index contributed by atoms with van der Waals surface area (Å²) in [6.45, 7) is 5.72. The Morgan fingerprint density at radius 2 is 2.00 bits per heavy atom. The molecule has 2 aromatic rings. The lowest BCUT2D eigenvalue weighted by Crippen LogP contribution is -2.50. The number of carbonyl (C=O) groups excluding carboxylic acids is 1. The third-order valence-corrected chi connectivity index (χ3v) is 5.87. The molecule has 0 atom stereocenters. The van der Waals surface area contributed by atoms with E-state index in [1.165, 1.54) is 18.1 Å². The number of hydrogen-bond donors (Lipinski definition) is 1. The van der Waals surface area contributed by atoms with Crippen LogP contribution in [0.25, 0.3) is 5.57 Å². The van der Waals surface area contributed by atoms with Gasteiger partial charge < -0.3 is 19.7 Å². The number of carbonyl (C=O) groups is 1. The van der Waals surface area contributed by atoms with E-state index in [4.69, 9.17) is 9.47 Å². The van der Waals surface area contributed by atoms with Gasteiger partial charge in [-0.15, -0.1) is 0 Å². The predicted molar refractivity (Wildman–Crippen MR) is 120 cm³/mol. The van der Waals surface area contributed by atoms with E-state index >= 15 is 0 Å². The lowest BCUT2D eigenvalue weighted by molar-refractivity contribution is -0.132. The predicted octanol–water partition coefficient (Wildman–Crippen LogP) is 4.75. The molecule has 0 spiro atoms. The summed E-state index contributed by atoms with van der Waals surface area (Å²) < 4.78 is 52.0. The molecule has 33 heavy (non-hydrogen) atoms. The highest BCUT2D eigenvalue weighted by atomic mass is 19.4. The smallest absolute Gasteiger partial charge is 0.416 e. The lowest BCUT2D eigenvalue weighted by atomic mass is 10.00. The Kier molecular flexibility index (Phi) is 5.54. The fourth-order valence-electron chi connectivity index (χ4n) is 4.37. The first-order valence-corrected chi connectivity index (χ1v) is 10.7. The zero-order valence-electron chi connectivity index (χ0n) is 19.2. The first-order valence-electron chi connectivity index (χ1n) is 10.7. The van der Waals surface area contributed by atoms with Crippen LogP contribution in [-0.2, 0) is 17.6 Å². The monoisotopic (exact) mass is 461 g/mol. The van der Waals surface area contributed by atoms with E-state index in [0.717, 1.165) is 5.56 Å². The number of aromatic nitrogens is 1. The molecule has 0 fully saturated rings. The molecule has 0 unspecified atom stereocenters. The lowest BCUT2D eigenvalue weighted by Gasteiger charge is -2.37. The van der Waals surface area contributed by atoms with Crippen LogP contribution in [0.4, 0.5) is 24.5 Å². The number of likely N-dealkylation sites (N-methyl/N-ethyl adjacent to an activating group) is 1. The van der Waals surface area contributed by atoms with Crippen molar-refractivity contribution < 1.29 is 27.4 Å². The third-order valence-electron chi connectivity index (χ3n) is 5.87. The van der Waals surface area contributed by atoms with E-state index in [1.807, 2.05) is 6.92 Å². The second-order valence-corrected chi connectivity index (χ2v) is 8.62. The minimum absolute atomic E-state index is 0.121. The zero-order valence-corrected chi connectivity index (χ0v) is 19.2. The summed E-state index contributed by atoms with van der Waals surface area (Å²) in [5.41, 5.74) is 1.23.